The maximum Gasteiger partial charge on any atom is 0.243 e. The highest BCUT2D eigenvalue weighted by atomic mass is 32.2. The van der Waals surface area contributed by atoms with Crippen molar-refractivity contribution >= 4 is 20.0 Å². The number of hydrogen-bond acceptors (Lipinski definition) is 9. The number of piperidine rings is 1. The van der Waals surface area contributed by atoms with Gasteiger partial charge in [0.2, 0.25) is 20.0 Å². The number of benzene rings is 2. The second kappa shape index (κ2) is 12.2. The highest BCUT2D eigenvalue weighted by molar-refractivity contribution is 7.89. The molecule has 0 bridgehead atoms. The fraction of sp³-hybridized carbons (Fsp3) is 0.538. The van der Waals surface area contributed by atoms with Gasteiger partial charge in [-0.15, -0.1) is 0 Å². The summed E-state index contributed by atoms with van der Waals surface area (Å²) in [5, 5.41) is 13.7. The van der Waals surface area contributed by atoms with E-state index in [0.717, 1.165) is 16.3 Å². The van der Waals surface area contributed by atoms with Gasteiger partial charge in [-0.1, -0.05) is 18.2 Å². The van der Waals surface area contributed by atoms with Crippen LogP contribution in [-0.2, 0) is 31.3 Å². The molecule has 0 aromatic heterocycles. The number of rotatable bonds is 11. The molecule has 2 atom stereocenters. The monoisotopic (exact) mass is 582 g/mol. The maximum atomic E-state index is 13.1. The van der Waals surface area contributed by atoms with E-state index in [9.17, 15) is 21.9 Å². The molecule has 2 saturated heterocycles. The lowest BCUT2D eigenvalue weighted by molar-refractivity contribution is -0.0312. The number of nitrogens with zero attached hydrogens (tertiary/aromatic N) is 2. The van der Waals surface area contributed by atoms with Crippen molar-refractivity contribution in [3.05, 3.63) is 54.1 Å². The molecule has 2 unspecified atom stereocenters. The van der Waals surface area contributed by atoms with E-state index in [0.29, 0.717) is 44.8 Å². The minimum Gasteiger partial charge on any atom is -0.491 e. The van der Waals surface area contributed by atoms with Crippen LogP contribution in [-0.4, -0.2) is 95.2 Å². The predicted octanol–water partition coefficient (Wildman–Crippen LogP) is 0.737. The largest absolute Gasteiger partial charge is 0.491 e. The minimum absolute atomic E-state index is 0.00371. The Morgan fingerprint density at radius 2 is 1.82 bits per heavy atom. The summed E-state index contributed by atoms with van der Waals surface area (Å²) in [5.74, 6) is 0.358. The summed E-state index contributed by atoms with van der Waals surface area (Å²) < 4.78 is 65.2. The molecule has 4 N–H and O–H groups in total. The highest BCUT2D eigenvalue weighted by Gasteiger charge is 2.44. The van der Waals surface area contributed by atoms with E-state index >= 15 is 0 Å². The van der Waals surface area contributed by atoms with Gasteiger partial charge in [0.1, 0.15) is 18.5 Å². The zero-order valence-corrected chi connectivity index (χ0v) is 24.0. The molecule has 2 aromatic rings. The molecule has 0 saturated carbocycles. The van der Waals surface area contributed by atoms with E-state index in [2.05, 4.69) is 5.32 Å². The lowest BCUT2D eigenvalue weighted by atomic mass is 9.88. The maximum absolute atomic E-state index is 13.1. The van der Waals surface area contributed by atoms with Crippen molar-refractivity contribution in [1.82, 2.24) is 13.9 Å². The lowest BCUT2D eigenvalue weighted by Gasteiger charge is -2.38. The second-order valence-electron chi connectivity index (χ2n) is 10.3. The molecule has 216 valence electrons. The fourth-order valence-electron chi connectivity index (χ4n) is 4.89. The van der Waals surface area contributed by atoms with Gasteiger partial charge in [0.05, 0.1) is 22.0 Å². The first kappa shape index (κ1) is 29.9. The summed E-state index contributed by atoms with van der Waals surface area (Å²) in [4.78, 5) is 0.388. The van der Waals surface area contributed by atoms with E-state index < -0.39 is 26.2 Å². The van der Waals surface area contributed by atoms with Gasteiger partial charge >= 0.3 is 0 Å². The average molecular weight is 583 g/mol. The van der Waals surface area contributed by atoms with Gasteiger partial charge in [-0.2, -0.15) is 4.31 Å². The van der Waals surface area contributed by atoms with Crippen molar-refractivity contribution in [3.8, 4) is 5.75 Å². The molecule has 39 heavy (non-hydrogen) atoms. The molecule has 0 radical (unpaired) electrons. The van der Waals surface area contributed by atoms with Crippen molar-refractivity contribution < 1.29 is 31.4 Å². The first-order valence-electron chi connectivity index (χ1n) is 13.0. The number of aliphatic hydroxyl groups is 1. The van der Waals surface area contributed by atoms with E-state index in [4.69, 9.17) is 15.2 Å². The SMILES string of the molecule is CN(C)S(=O)(=O)c1cccc(OCC(O)CNC2COC3(CCN(S(=O)(=O)c4ccc(CN)cc4)CC3)C2)c1. The third-order valence-electron chi connectivity index (χ3n) is 7.31. The molecule has 0 amide bonds. The molecule has 2 aliphatic rings. The first-order chi connectivity index (χ1) is 18.4. The molecule has 2 heterocycles. The molecule has 2 fully saturated rings. The van der Waals surface area contributed by atoms with Gasteiger partial charge < -0.3 is 25.6 Å². The third-order valence-corrected chi connectivity index (χ3v) is 11.0. The molecule has 0 aliphatic carbocycles. The van der Waals surface area contributed by atoms with Gasteiger partial charge in [-0.3, -0.25) is 0 Å². The van der Waals surface area contributed by atoms with Crippen LogP contribution in [0.25, 0.3) is 0 Å². The summed E-state index contributed by atoms with van der Waals surface area (Å²) >= 11 is 0. The molecule has 1 spiro atoms. The Labute approximate surface area is 231 Å². The van der Waals surface area contributed by atoms with Gasteiger partial charge in [0.25, 0.3) is 0 Å². The molecule has 4 rings (SSSR count). The Bertz CT molecular complexity index is 1330. The van der Waals surface area contributed by atoms with Crippen LogP contribution < -0.4 is 15.8 Å². The van der Waals surface area contributed by atoms with Crippen molar-refractivity contribution in [2.24, 2.45) is 5.73 Å². The van der Waals surface area contributed by atoms with Crippen LogP contribution in [0.2, 0.25) is 0 Å². The van der Waals surface area contributed by atoms with Gasteiger partial charge in [-0.05, 0) is 49.1 Å². The number of nitrogens with two attached hydrogens (primary N) is 1. The van der Waals surface area contributed by atoms with E-state index in [1.165, 1.54) is 30.5 Å². The fourth-order valence-corrected chi connectivity index (χ4v) is 7.27. The van der Waals surface area contributed by atoms with Crippen LogP contribution in [0.5, 0.6) is 5.75 Å². The topological polar surface area (TPSA) is 152 Å². The van der Waals surface area contributed by atoms with E-state index in [1.807, 2.05) is 0 Å². The normalized spacial score (nSPS) is 20.9. The first-order valence-corrected chi connectivity index (χ1v) is 15.8. The molecular weight excluding hydrogens is 544 g/mol. The standard InChI is InChI=1S/C26H38N4O7S2/c1-29(2)38(32,33)25-5-3-4-23(14-25)36-19-22(31)17-28-21-15-26(37-18-21)10-12-30(13-11-26)39(34,35)24-8-6-20(16-27)7-9-24/h3-9,14,21-22,28,31H,10-13,15-19,27H2,1-2H3. The van der Waals surface area contributed by atoms with Gasteiger partial charge in [0, 0.05) is 52.4 Å². The van der Waals surface area contributed by atoms with Crippen molar-refractivity contribution in [2.75, 3.05) is 46.9 Å². The summed E-state index contributed by atoms with van der Waals surface area (Å²) in [6, 6.07) is 12.9. The van der Waals surface area contributed by atoms with Crippen molar-refractivity contribution in [3.63, 3.8) is 0 Å². The smallest absolute Gasteiger partial charge is 0.243 e. The Kier molecular flexibility index (Phi) is 9.33. The Morgan fingerprint density at radius 1 is 1.13 bits per heavy atom. The Morgan fingerprint density at radius 3 is 2.46 bits per heavy atom. The highest BCUT2D eigenvalue weighted by Crippen LogP contribution is 2.37. The summed E-state index contributed by atoms with van der Waals surface area (Å²) in [5.41, 5.74) is 6.11. The quantitative estimate of drug-likeness (QED) is 0.348. The van der Waals surface area contributed by atoms with Crippen molar-refractivity contribution in [1.29, 1.82) is 0 Å². The number of sulfonamides is 2. The summed E-state index contributed by atoms with van der Waals surface area (Å²) in [6.07, 6.45) is 1.12. The zero-order valence-electron chi connectivity index (χ0n) is 22.3. The number of aliphatic hydroxyl groups excluding tert-OH is 1. The molecule has 11 nitrogen and oxygen atoms in total. The van der Waals surface area contributed by atoms with Crippen LogP contribution in [0.1, 0.15) is 24.8 Å². The Balaban J connectivity index is 1.23. The van der Waals surface area contributed by atoms with Gasteiger partial charge in [0.15, 0.2) is 0 Å². The van der Waals surface area contributed by atoms with Crippen LogP contribution in [0.4, 0.5) is 0 Å². The number of ether oxygens (including phenoxy) is 2. The average Bonchev–Trinajstić information content (AvgIpc) is 3.33. The van der Waals surface area contributed by atoms with E-state index in [-0.39, 0.29) is 34.6 Å². The number of hydrogen-bond donors (Lipinski definition) is 3. The molecule has 2 aliphatic heterocycles. The zero-order chi connectivity index (χ0) is 28.3. The van der Waals surface area contributed by atoms with Crippen LogP contribution >= 0.6 is 0 Å². The minimum atomic E-state index is -3.58. The molecule has 2 aromatic carbocycles. The van der Waals surface area contributed by atoms with E-state index in [1.54, 1.807) is 36.4 Å². The lowest BCUT2D eigenvalue weighted by Crippen LogP contribution is -2.47. The molecule has 13 heteroatoms. The predicted molar refractivity (Wildman–Crippen MR) is 146 cm³/mol. The number of nitrogens with one attached hydrogen (secondary N) is 1. The van der Waals surface area contributed by atoms with Crippen LogP contribution in [0.3, 0.4) is 0 Å². The van der Waals surface area contributed by atoms with Crippen LogP contribution in [0, 0.1) is 0 Å². The van der Waals surface area contributed by atoms with Gasteiger partial charge in [-0.25, -0.2) is 21.1 Å². The van der Waals surface area contributed by atoms with Crippen LogP contribution in [0.15, 0.2) is 58.3 Å². The molecular formula is C26H38N4O7S2. The second-order valence-corrected chi connectivity index (χ2v) is 14.4. The third kappa shape index (κ3) is 6.98. The van der Waals surface area contributed by atoms with Crippen molar-refractivity contribution in [2.45, 2.75) is 53.3 Å². The summed E-state index contributed by atoms with van der Waals surface area (Å²) in [7, 11) is -4.23. The Hall–Kier alpha value is -2.10. The summed E-state index contributed by atoms with van der Waals surface area (Å²) in [6.45, 7) is 1.88.